The van der Waals surface area contributed by atoms with E-state index in [2.05, 4.69) is 19.5 Å². The molecule has 0 bridgehead atoms. The standard InChI is InChI=1S/C14H18N4O2S2/c1-20-13-11(18(7-15-13)8-21-2)6-22-14-16-10-5-3-4-9(10)12(19)17-14/h7H,3-6,8H2,1-2H3,(H,16,17,19). The summed E-state index contributed by atoms with van der Waals surface area (Å²) < 4.78 is 7.37. The molecule has 1 aliphatic carbocycles. The third kappa shape index (κ3) is 3.03. The van der Waals surface area contributed by atoms with Gasteiger partial charge in [0, 0.05) is 11.3 Å². The van der Waals surface area contributed by atoms with Crippen LogP contribution in [0.2, 0.25) is 0 Å². The van der Waals surface area contributed by atoms with Crippen molar-refractivity contribution in [3.63, 3.8) is 0 Å². The highest BCUT2D eigenvalue weighted by molar-refractivity contribution is 7.98. The average Bonchev–Trinajstić information content (AvgIpc) is 3.12. The van der Waals surface area contributed by atoms with Crippen molar-refractivity contribution in [2.24, 2.45) is 0 Å². The number of hydrogen-bond acceptors (Lipinski definition) is 6. The lowest BCUT2D eigenvalue weighted by Crippen LogP contribution is -2.15. The molecule has 0 amide bonds. The molecule has 0 unspecified atom stereocenters. The van der Waals surface area contributed by atoms with E-state index >= 15 is 0 Å². The monoisotopic (exact) mass is 338 g/mol. The van der Waals surface area contributed by atoms with Crippen LogP contribution in [0.5, 0.6) is 5.88 Å². The van der Waals surface area contributed by atoms with Gasteiger partial charge in [0.25, 0.3) is 5.56 Å². The Morgan fingerprint density at radius 3 is 3.09 bits per heavy atom. The molecule has 0 fully saturated rings. The molecule has 0 saturated heterocycles. The first-order chi connectivity index (χ1) is 10.7. The van der Waals surface area contributed by atoms with Gasteiger partial charge in [0.05, 0.1) is 30.7 Å². The Bertz CT molecular complexity index is 726. The van der Waals surface area contributed by atoms with Crippen molar-refractivity contribution in [3.05, 3.63) is 33.6 Å². The zero-order valence-electron chi connectivity index (χ0n) is 12.6. The van der Waals surface area contributed by atoms with Crippen molar-refractivity contribution in [2.45, 2.75) is 36.0 Å². The molecule has 0 spiro atoms. The number of fused-ring (bicyclic) bond motifs is 1. The van der Waals surface area contributed by atoms with Crippen LogP contribution in [0.4, 0.5) is 0 Å². The molecule has 118 valence electrons. The summed E-state index contributed by atoms with van der Waals surface area (Å²) in [5.41, 5.74) is 2.82. The lowest BCUT2D eigenvalue weighted by molar-refractivity contribution is 0.395. The van der Waals surface area contributed by atoms with Crippen LogP contribution < -0.4 is 10.3 Å². The van der Waals surface area contributed by atoms with E-state index in [1.54, 1.807) is 25.2 Å². The SMILES string of the molecule is COc1ncn(CSC)c1CSc1nc2c(c(=O)[nH]1)CCC2. The molecule has 3 rings (SSSR count). The number of aryl methyl sites for hydroxylation is 1. The molecule has 6 nitrogen and oxygen atoms in total. The summed E-state index contributed by atoms with van der Waals surface area (Å²) in [6.07, 6.45) is 6.60. The molecule has 0 saturated carbocycles. The summed E-state index contributed by atoms with van der Waals surface area (Å²) in [4.78, 5) is 23.8. The third-order valence-corrected chi connectivity index (χ3v) is 5.06. The van der Waals surface area contributed by atoms with Crippen LogP contribution in [-0.2, 0) is 24.5 Å². The normalized spacial score (nSPS) is 13.4. The highest BCUT2D eigenvalue weighted by atomic mass is 32.2. The molecular weight excluding hydrogens is 320 g/mol. The topological polar surface area (TPSA) is 72.8 Å². The van der Waals surface area contributed by atoms with E-state index in [1.165, 1.54) is 11.8 Å². The van der Waals surface area contributed by atoms with Gasteiger partial charge in [-0.1, -0.05) is 11.8 Å². The summed E-state index contributed by atoms with van der Waals surface area (Å²) in [6.45, 7) is 0. The number of nitrogens with zero attached hydrogens (tertiary/aromatic N) is 3. The predicted octanol–water partition coefficient (Wildman–Crippen LogP) is 2.08. The van der Waals surface area contributed by atoms with Gasteiger partial charge in [0.2, 0.25) is 5.88 Å². The first-order valence-electron chi connectivity index (χ1n) is 7.04. The maximum absolute atomic E-state index is 12.0. The van der Waals surface area contributed by atoms with Crippen LogP contribution >= 0.6 is 23.5 Å². The zero-order valence-corrected chi connectivity index (χ0v) is 14.2. The van der Waals surface area contributed by atoms with E-state index in [1.807, 2.05) is 6.26 Å². The fourth-order valence-corrected chi connectivity index (χ4v) is 3.98. The lowest BCUT2D eigenvalue weighted by Gasteiger charge is -2.08. The Morgan fingerprint density at radius 2 is 2.32 bits per heavy atom. The van der Waals surface area contributed by atoms with Gasteiger partial charge in [-0.15, -0.1) is 11.8 Å². The van der Waals surface area contributed by atoms with Crippen molar-refractivity contribution in [1.82, 2.24) is 19.5 Å². The number of hydrogen-bond donors (Lipinski definition) is 1. The van der Waals surface area contributed by atoms with Gasteiger partial charge in [-0.05, 0) is 25.5 Å². The molecule has 0 radical (unpaired) electrons. The molecule has 8 heteroatoms. The van der Waals surface area contributed by atoms with Crippen LogP contribution in [0.3, 0.4) is 0 Å². The molecule has 0 aromatic carbocycles. The van der Waals surface area contributed by atoms with Crippen molar-refractivity contribution in [2.75, 3.05) is 13.4 Å². The highest BCUT2D eigenvalue weighted by Crippen LogP contribution is 2.27. The average molecular weight is 338 g/mol. The van der Waals surface area contributed by atoms with Crippen LogP contribution in [-0.4, -0.2) is 32.9 Å². The Morgan fingerprint density at radius 1 is 1.45 bits per heavy atom. The van der Waals surface area contributed by atoms with E-state index in [4.69, 9.17) is 4.74 Å². The number of thioether (sulfide) groups is 2. The fraction of sp³-hybridized carbons (Fsp3) is 0.500. The smallest absolute Gasteiger partial charge is 0.254 e. The van der Waals surface area contributed by atoms with Crippen molar-refractivity contribution >= 4 is 23.5 Å². The van der Waals surface area contributed by atoms with Crippen LogP contribution in [0.1, 0.15) is 23.4 Å². The van der Waals surface area contributed by atoms with Gasteiger partial charge in [0.1, 0.15) is 0 Å². The van der Waals surface area contributed by atoms with E-state index in [-0.39, 0.29) is 5.56 Å². The summed E-state index contributed by atoms with van der Waals surface area (Å²) in [5.74, 6) is 2.11. The van der Waals surface area contributed by atoms with Gasteiger partial charge < -0.3 is 14.3 Å². The molecule has 22 heavy (non-hydrogen) atoms. The van der Waals surface area contributed by atoms with Crippen LogP contribution in [0.25, 0.3) is 0 Å². The summed E-state index contributed by atoms with van der Waals surface area (Å²) in [7, 11) is 1.62. The van der Waals surface area contributed by atoms with Crippen LogP contribution in [0.15, 0.2) is 16.3 Å². The third-order valence-electron chi connectivity index (χ3n) is 3.63. The van der Waals surface area contributed by atoms with Crippen molar-refractivity contribution in [1.29, 1.82) is 0 Å². The first kappa shape index (κ1) is 15.5. The predicted molar refractivity (Wildman–Crippen MR) is 88.7 cm³/mol. The van der Waals surface area contributed by atoms with Crippen molar-refractivity contribution < 1.29 is 4.74 Å². The van der Waals surface area contributed by atoms with E-state index in [0.717, 1.165) is 42.1 Å². The Kier molecular flexibility index (Phi) is 4.77. The maximum Gasteiger partial charge on any atom is 0.254 e. The number of ether oxygens (including phenoxy) is 1. The zero-order chi connectivity index (χ0) is 15.5. The van der Waals surface area contributed by atoms with E-state index in [0.29, 0.717) is 16.8 Å². The first-order valence-corrected chi connectivity index (χ1v) is 9.42. The highest BCUT2D eigenvalue weighted by Gasteiger charge is 2.18. The molecule has 0 atom stereocenters. The number of rotatable bonds is 6. The number of nitrogens with one attached hydrogen (secondary N) is 1. The molecule has 0 aliphatic heterocycles. The molecular formula is C14H18N4O2S2. The molecule has 2 aromatic rings. The second kappa shape index (κ2) is 6.78. The summed E-state index contributed by atoms with van der Waals surface area (Å²) >= 11 is 3.23. The van der Waals surface area contributed by atoms with Crippen LogP contribution in [0, 0.1) is 0 Å². The van der Waals surface area contributed by atoms with E-state index in [9.17, 15) is 4.79 Å². The molecule has 1 N–H and O–H groups in total. The summed E-state index contributed by atoms with van der Waals surface area (Å²) in [5, 5.41) is 0.671. The van der Waals surface area contributed by atoms with Gasteiger partial charge in [0.15, 0.2) is 5.16 Å². The second-order valence-electron chi connectivity index (χ2n) is 5.03. The second-order valence-corrected chi connectivity index (χ2v) is 6.83. The minimum atomic E-state index is 0.00888. The number of methoxy groups -OCH3 is 1. The quantitative estimate of drug-likeness (QED) is 0.642. The molecule has 1 aliphatic rings. The minimum absolute atomic E-state index is 0.00888. The van der Waals surface area contributed by atoms with Gasteiger partial charge in [-0.3, -0.25) is 4.79 Å². The Hall–Kier alpha value is -1.41. The Balaban J connectivity index is 1.79. The minimum Gasteiger partial charge on any atom is -0.480 e. The lowest BCUT2D eigenvalue weighted by atomic mass is 10.3. The van der Waals surface area contributed by atoms with Gasteiger partial charge in [-0.2, -0.15) is 0 Å². The number of aromatic nitrogens is 4. The fourth-order valence-electron chi connectivity index (χ4n) is 2.58. The Labute approximate surface area is 137 Å². The maximum atomic E-state index is 12.0. The van der Waals surface area contributed by atoms with Crippen molar-refractivity contribution in [3.8, 4) is 5.88 Å². The molecule has 2 heterocycles. The van der Waals surface area contributed by atoms with Gasteiger partial charge >= 0.3 is 0 Å². The number of imidazole rings is 1. The largest absolute Gasteiger partial charge is 0.480 e. The number of H-pyrrole nitrogens is 1. The number of aromatic amines is 1. The molecule has 2 aromatic heterocycles. The van der Waals surface area contributed by atoms with Gasteiger partial charge in [-0.25, -0.2) is 9.97 Å². The summed E-state index contributed by atoms with van der Waals surface area (Å²) in [6, 6.07) is 0. The van der Waals surface area contributed by atoms with E-state index < -0.39 is 0 Å².